The van der Waals surface area contributed by atoms with Gasteiger partial charge in [0.15, 0.2) is 15.6 Å². The summed E-state index contributed by atoms with van der Waals surface area (Å²) in [6, 6.07) is 19.1. The highest BCUT2D eigenvalue weighted by Crippen LogP contribution is 2.36. The van der Waals surface area contributed by atoms with Gasteiger partial charge in [0.05, 0.1) is 23.0 Å². The van der Waals surface area contributed by atoms with Crippen LogP contribution in [0.2, 0.25) is 0 Å². The highest BCUT2D eigenvalue weighted by Gasteiger charge is 2.37. The van der Waals surface area contributed by atoms with E-state index in [2.05, 4.69) is 0 Å². The molecule has 1 amide bonds. The Kier molecular flexibility index (Phi) is 5.96. The fraction of sp³-hybridized carbons (Fsp3) is 0.318. The smallest absolute Gasteiger partial charge is 0.290 e. The number of rotatable bonds is 5. The molecule has 2 aromatic carbocycles. The molecule has 2 aromatic rings. The Hall–Kier alpha value is -2.25. The Balaban J connectivity index is 1.70. The summed E-state index contributed by atoms with van der Waals surface area (Å²) in [5.74, 6) is 0.996. The summed E-state index contributed by atoms with van der Waals surface area (Å²) in [6.45, 7) is 0.823. The maximum Gasteiger partial charge on any atom is 0.290 e. The second-order valence-electron chi connectivity index (χ2n) is 7.20. The van der Waals surface area contributed by atoms with Crippen LogP contribution in [0.25, 0.3) is 4.91 Å². The number of ether oxygens (including phenoxy) is 1. The van der Waals surface area contributed by atoms with Crippen LogP contribution in [0, 0.1) is 0 Å². The molecule has 29 heavy (non-hydrogen) atoms. The first-order valence-electron chi connectivity index (χ1n) is 9.64. The molecule has 2 aliphatic rings. The first kappa shape index (κ1) is 20.0. The second kappa shape index (κ2) is 8.63. The van der Waals surface area contributed by atoms with Gasteiger partial charge in [-0.3, -0.25) is 4.79 Å². The highest BCUT2D eigenvalue weighted by molar-refractivity contribution is 8.08. The van der Waals surface area contributed by atoms with Crippen LogP contribution in [0.3, 0.4) is 0 Å². The molecule has 0 saturated carbocycles. The summed E-state index contributed by atoms with van der Waals surface area (Å²) in [6.07, 6.45) is 0.460. The second-order valence-corrected chi connectivity index (χ2v) is 10.5. The lowest BCUT2D eigenvalue weighted by Crippen LogP contribution is -2.42. The van der Waals surface area contributed by atoms with Crippen molar-refractivity contribution >= 4 is 32.4 Å². The summed E-state index contributed by atoms with van der Waals surface area (Å²) in [4.78, 5) is 16.1. The number of thioether (sulfide) groups is 1. The van der Waals surface area contributed by atoms with Gasteiger partial charge in [-0.2, -0.15) is 0 Å². The van der Waals surface area contributed by atoms with Gasteiger partial charge in [0, 0.05) is 18.3 Å². The van der Waals surface area contributed by atoms with Crippen LogP contribution in [-0.2, 0) is 25.9 Å². The molecule has 7 heteroatoms. The SMILES string of the molecule is O=C(C1=C(c2ccccc2)SCCO1)N(Cc1ccccc1)C1CCS(=O)(=O)C1. The summed E-state index contributed by atoms with van der Waals surface area (Å²) >= 11 is 1.61. The van der Waals surface area contributed by atoms with Crippen molar-refractivity contribution in [3.63, 3.8) is 0 Å². The van der Waals surface area contributed by atoms with Crippen LogP contribution in [0.15, 0.2) is 66.4 Å². The first-order chi connectivity index (χ1) is 14.0. The number of hydrogen-bond acceptors (Lipinski definition) is 5. The van der Waals surface area contributed by atoms with Crippen LogP contribution >= 0.6 is 11.8 Å². The molecule has 1 fully saturated rings. The fourth-order valence-corrected chi connectivity index (χ4v) is 6.36. The zero-order chi connectivity index (χ0) is 20.3. The third-order valence-electron chi connectivity index (χ3n) is 5.12. The zero-order valence-corrected chi connectivity index (χ0v) is 17.6. The van der Waals surface area contributed by atoms with Gasteiger partial charge in [0.25, 0.3) is 5.91 Å². The minimum atomic E-state index is -3.12. The number of amides is 1. The molecule has 152 valence electrons. The van der Waals surface area contributed by atoms with E-state index in [1.807, 2.05) is 60.7 Å². The van der Waals surface area contributed by atoms with Crippen LogP contribution in [0.1, 0.15) is 17.5 Å². The van der Waals surface area contributed by atoms with E-state index in [-0.39, 0.29) is 23.5 Å². The summed E-state index contributed by atoms with van der Waals surface area (Å²) in [7, 11) is -3.12. The normalized spacial score (nSPS) is 20.9. The van der Waals surface area contributed by atoms with Gasteiger partial charge >= 0.3 is 0 Å². The lowest BCUT2D eigenvalue weighted by atomic mass is 10.1. The maximum absolute atomic E-state index is 13.6. The number of carbonyl (C=O) groups is 1. The minimum absolute atomic E-state index is 0.00661. The molecule has 1 unspecified atom stereocenters. The molecule has 5 nitrogen and oxygen atoms in total. The molecule has 1 atom stereocenters. The van der Waals surface area contributed by atoms with E-state index in [1.54, 1.807) is 16.7 Å². The highest BCUT2D eigenvalue weighted by atomic mass is 32.2. The van der Waals surface area contributed by atoms with Gasteiger partial charge in [0.2, 0.25) is 0 Å². The summed E-state index contributed by atoms with van der Waals surface area (Å²) in [5.41, 5.74) is 1.91. The molecule has 2 heterocycles. The average molecular weight is 430 g/mol. The zero-order valence-electron chi connectivity index (χ0n) is 16.0. The molecule has 0 N–H and O–H groups in total. The Labute approximate surface area is 175 Å². The van der Waals surface area contributed by atoms with Crippen molar-refractivity contribution in [1.29, 1.82) is 0 Å². The molecule has 1 saturated heterocycles. The summed E-state index contributed by atoms with van der Waals surface area (Å²) in [5, 5.41) is 0. The largest absolute Gasteiger partial charge is 0.486 e. The summed E-state index contributed by atoms with van der Waals surface area (Å²) < 4.78 is 30.0. The van der Waals surface area contributed by atoms with Crippen LogP contribution in [-0.4, -0.2) is 49.1 Å². The lowest BCUT2D eigenvalue weighted by molar-refractivity contribution is -0.133. The van der Waals surface area contributed by atoms with E-state index in [0.29, 0.717) is 25.3 Å². The molecule has 2 aliphatic heterocycles. The third kappa shape index (κ3) is 4.67. The first-order valence-corrected chi connectivity index (χ1v) is 12.4. The van der Waals surface area contributed by atoms with Gasteiger partial charge in [-0.15, -0.1) is 11.8 Å². The van der Waals surface area contributed by atoms with E-state index in [1.165, 1.54) is 0 Å². The minimum Gasteiger partial charge on any atom is -0.486 e. The quantitative estimate of drug-likeness (QED) is 0.730. The van der Waals surface area contributed by atoms with Crippen LogP contribution in [0.4, 0.5) is 0 Å². The number of nitrogens with zero attached hydrogens (tertiary/aromatic N) is 1. The van der Waals surface area contributed by atoms with Gasteiger partial charge in [-0.1, -0.05) is 60.7 Å². The number of sulfone groups is 1. The average Bonchev–Trinajstić information content (AvgIpc) is 3.12. The van der Waals surface area contributed by atoms with Crippen molar-refractivity contribution in [3.05, 3.63) is 77.5 Å². The van der Waals surface area contributed by atoms with E-state index >= 15 is 0 Å². The standard InChI is InChI=1S/C22H23NO4S2/c24-22(20-21(28-13-12-27-20)18-9-5-2-6-10-18)23(15-17-7-3-1-4-8-17)19-11-14-29(25,26)16-19/h1-10,19H,11-16H2. The van der Waals surface area contributed by atoms with E-state index in [4.69, 9.17) is 4.74 Å². The maximum atomic E-state index is 13.6. The van der Waals surface area contributed by atoms with Crippen LogP contribution < -0.4 is 0 Å². The van der Waals surface area contributed by atoms with Crippen molar-refractivity contribution in [2.45, 2.75) is 19.0 Å². The van der Waals surface area contributed by atoms with Crippen molar-refractivity contribution in [1.82, 2.24) is 4.90 Å². The Morgan fingerprint density at radius 1 is 1.07 bits per heavy atom. The molecule has 0 aliphatic carbocycles. The van der Waals surface area contributed by atoms with Crippen molar-refractivity contribution < 1.29 is 17.9 Å². The van der Waals surface area contributed by atoms with Crippen molar-refractivity contribution in [2.75, 3.05) is 23.9 Å². The molecular formula is C22H23NO4S2. The molecule has 0 radical (unpaired) electrons. The van der Waals surface area contributed by atoms with Gasteiger partial charge < -0.3 is 9.64 Å². The Morgan fingerprint density at radius 2 is 1.76 bits per heavy atom. The van der Waals surface area contributed by atoms with Gasteiger partial charge in [-0.05, 0) is 17.5 Å². The topological polar surface area (TPSA) is 63.7 Å². The molecule has 0 aromatic heterocycles. The molecule has 4 rings (SSSR count). The number of hydrogen-bond donors (Lipinski definition) is 0. The van der Waals surface area contributed by atoms with Gasteiger partial charge in [-0.25, -0.2) is 8.42 Å². The molecule has 0 spiro atoms. The molecular weight excluding hydrogens is 406 g/mol. The third-order valence-corrected chi connectivity index (χ3v) is 7.95. The number of benzene rings is 2. The van der Waals surface area contributed by atoms with E-state index in [9.17, 15) is 13.2 Å². The Morgan fingerprint density at radius 3 is 2.41 bits per heavy atom. The van der Waals surface area contributed by atoms with Crippen LogP contribution in [0.5, 0.6) is 0 Å². The van der Waals surface area contributed by atoms with Gasteiger partial charge in [0.1, 0.15) is 0 Å². The predicted molar refractivity (Wildman–Crippen MR) is 116 cm³/mol. The Bertz CT molecular complexity index is 1000. The number of carbonyl (C=O) groups excluding carboxylic acids is 1. The van der Waals surface area contributed by atoms with E-state index in [0.717, 1.165) is 21.8 Å². The van der Waals surface area contributed by atoms with Crippen molar-refractivity contribution in [3.8, 4) is 0 Å². The molecule has 0 bridgehead atoms. The fourth-order valence-electron chi connectivity index (χ4n) is 3.68. The lowest BCUT2D eigenvalue weighted by Gasteiger charge is -2.31. The monoisotopic (exact) mass is 429 g/mol. The predicted octanol–water partition coefficient (Wildman–Crippen LogP) is 3.33. The van der Waals surface area contributed by atoms with Crippen molar-refractivity contribution in [2.24, 2.45) is 0 Å². The van der Waals surface area contributed by atoms with E-state index < -0.39 is 9.84 Å².